The van der Waals surface area contributed by atoms with Crippen molar-refractivity contribution in [3.63, 3.8) is 0 Å². The third kappa shape index (κ3) is 5.14. The van der Waals surface area contributed by atoms with Crippen LogP contribution in [-0.2, 0) is 36.1 Å². The molecule has 2 fully saturated rings. The van der Waals surface area contributed by atoms with E-state index in [0.29, 0.717) is 6.54 Å². The summed E-state index contributed by atoms with van der Waals surface area (Å²) < 4.78 is 1.93. The Kier molecular flexibility index (Phi) is 7.26. The first-order valence-electron chi connectivity index (χ1n) is 13.9. The molecule has 0 spiro atoms. The minimum Gasteiger partial charge on any atom is -0.508 e. The number of likely N-dealkylation sites (N-methyl/N-ethyl adjacent to an activating group) is 1. The Morgan fingerprint density at radius 1 is 0.976 bits per heavy atom. The van der Waals surface area contributed by atoms with E-state index in [1.807, 2.05) is 60.1 Å². The van der Waals surface area contributed by atoms with Gasteiger partial charge in [-0.25, -0.2) is 19.8 Å². The number of phenols is 1. The predicted molar refractivity (Wildman–Crippen MR) is 156 cm³/mol. The van der Waals surface area contributed by atoms with Crippen molar-refractivity contribution >= 4 is 28.9 Å². The molecule has 4 aromatic rings. The number of nitrogens with one attached hydrogen (secondary N) is 1. The van der Waals surface area contributed by atoms with Crippen LogP contribution < -0.4 is 5.32 Å². The molecule has 2 aliphatic rings. The van der Waals surface area contributed by atoms with Gasteiger partial charge in [-0.05, 0) is 34.9 Å². The largest absolute Gasteiger partial charge is 0.508 e. The molecule has 4 amide bonds. The van der Waals surface area contributed by atoms with E-state index in [1.165, 1.54) is 0 Å². The Morgan fingerprint density at radius 2 is 1.74 bits per heavy atom. The van der Waals surface area contributed by atoms with Crippen LogP contribution in [0, 0.1) is 0 Å². The summed E-state index contributed by atoms with van der Waals surface area (Å²) in [7, 11) is 3.63. The fourth-order valence-corrected chi connectivity index (χ4v) is 5.91. The molecule has 3 heterocycles. The first kappa shape index (κ1) is 27.3. The Balaban J connectivity index is 1.34. The fourth-order valence-electron chi connectivity index (χ4n) is 5.91. The topological polar surface area (TPSA) is 114 Å². The standard InChI is InChI=1S/C31H33N7O4/c1-34-20-33-29-23(9-6-10-25(29)34)17-36-18-27-37(26(30(36)41)15-21-11-13-24(39)14-12-21)28(40)19-35(2)38(27)31(42)32-16-22-7-4-3-5-8-22/h3-14,20,26-27,39H,15-19H2,1-2H3,(H,32,42)/t26-,27-/m0/s1. The number of nitrogens with zero attached hydrogens (tertiary/aromatic N) is 6. The number of aromatic nitrogens is 2. The average Bonchev–Trinajstić information content (AvgIpc) is 3.37. The zero-order valence-corrected chi connectivity index (χ0v) is 23.6. The van der Waals surface area contributed by atoms with Gasteiger partial charge in [-0.15, -0.1) is 0 Å². The first-order valence-corrected chi connectivity index (χ1v) is 13.9. The molecule has 2 atom stereocenters. The lowest BCUT2D eigenvalue weighted by Gasteiger charge is -2.54. The van der Waals surface area contributed by atoms with Crippen LogP contribution in [0.3, 0.4) is 0 Å². The minimum atomic E-state index is -0.832. The SMILES string of the molecule is CN1CC(=O)N2[C@@H](Cc3ccc(O)cc3)C(=O)N(Cc3cccc4c3ncn4C)C[C@@H]2N1C(=O)NCc1ccccc1. The van der Waals surface area contributed by atoms with Crippen molar-refractivity contribution in [2.75, 3.05) is 20.1 Å². The van der Waals surface area contributed by atoms with E-state index in [1.54, 1.807) is 57.5 Å². The van der Waals surface area contributed by atoms with Crippen LogP contribution in [0.1, 0.15) is 16.7 Å². The van der Waals surface area contributed by atoms with Crippen molar-refractivity contribution in [1.82, 2.24) is 34.7 Å². The zero-order valence-electron chi connectivity index (χ0n) is 23.6. The quantitative estimate of drug-likeness (QED) is 0.370. The number of benzene rings is 3. The molecule has 2 saturated heterocycles. The lowest BCUT2D eigenvalue weighted by molar-refractivity contribution is -0.187. The van der Waals surface area contributed by atoms with Gasteiger partial charge in [0.15, 0.2) is 0 Å². The molecule has 0 bridgehead atoms. The van der Waals surface area contributed by atoms with Crippen LogP contribution in [0.4, 0.5) is 4.79 Å². The lowest BCUT2D eigenvalue weighted by atomic mass is 9.98. The highest BCUT2D eigenvalue weighted by atomic mass is 16.3. The van der Waals surface area contributed by atoms with Gasteiger partial charge in [0.05, 0.1) is 30.5 Å². The van der Waals surface area contributed by atoms with Crippen molar-refractivity contribution in [1.29, 1.82) is 0 Å². The summed E-state index contributed by atoms with van der Waals surface area (Å²) in [5.74, 6) is -0.304. The number of carbonyl (C=O) groups is 3. The molecule has 2 N–H and O–H groups in total. The smallest absolute Gasteiger partial charge is 0.334 e. The van der Waals surface area contributed by atoms with E-state index >= 15 is 0 Å². The van der Waals surface area contributed by atoms with E-state index in [-0.39, 0.29) is 49.7 Å². The van der Waals surface area contributed by atoms with E-state index < -0.39 is 12.2 Å². The Labute approximate surface area is 243 Å². The molecular weight excluding hydrogens is 534 g/mol. The highest BCUT2D eigenvalue weighted by Gasteiger charge is 2.50. The number of para-hydroxylation sites is 1. The summed E-state index contributed by atoms with van der Waals surface area (Å²) in [6, 6.07) is 20.9. The van der Waals surface area contributed by atoms with Gasteiger partial charge in [-0.2, -0.15) is 0 Å². The van der Waals surface area contributed by atoms with Crippen LogP contribution in [-0.4, -0.2) is 84.7 Å². The van der Waals surface area contributed by atoms with Crippen molar-refractivity contribution in [3.8, 4) is 5.75 Å². The third-order valence-corrected chi connectivity index (χ3v) is 8.00. The molecular formula is C31H33N7O4. The van der Waals surface area contributed by atoms with E-state index in [9.17, 15) is 19.5 Å². The fraction of sp³-hybridized carbons (Fsp3) is 0.290. The molecule has 216 valence electrons. The maximum absolute atomic E-state index is 14.1. The van der Waals surface area contributed by atoms with Crippen LogP contribution in [0.2, 0.25) is 0 Å². The minimum absolute atomic E-state index is 0.0398. The van der Waals surface area contributed by atoms with Gasteiger partial charge in [0, 0.05) is 33.6 Å². The molecule has 3 aromatic carbocycles. The number of imidazole rings is 1. The normalized spacial score (nSPS) is 19.3. The van der Waals surface area contributed by atoms with Crippen molar-refractivity contribution in [3.05, 3.63) is 95.8 Å². The van der Waals surface area contributed by atoms with Crippen molar-refractivity contribution < 1.29 is 19.5 Å². The first-order chi connectivity index (χ1) is 20.3. The van der Waals surface area contributed by atoms with Crippen LogP contribution in [0.5, 0.6) is 5.75 Å². The summed E-state index contributed by atoms with van der Waals surface area (Å²) in [6.45, 7) is 0.706. The highest BCUT2D eigenvalue weighted by Crippen LogP contribution is 2.30. The summed E-state index contributed by atoms with van der Waals surface area (Å²) in [5.41, 5.74) is 4.39. The van der Waals surface area contributed by atoms with Crippen LogP contribution in [0.15, 0.2) is 79.1 Å². The molecule has 1 aromatic heterocycles. The van der Waals surface area contributed by atoms with E-state index in [2.05, 4.69) is 10.3 Å². The number of urea groups is 1. The van der Waals surface area contributed by atoms with E-state index in [0.717, 1.165) is 27.7 Å². The van der Waals surface area contributed by atoms with Gasteiger partial charge in [0.1, 0.15) is 18.0 Å². The molecule has 2 aliphatic heterocycles. The maximum atomic E-state index is 14.1. The second kappa shape index (κ2) is 11.2. The summed E-state index contributed by atoms with van der Waals surface area (Å²) >= 11 is 0. The predicted octanol–water partition coefficient (Wildman–Crippen LogP) is 2.46. The van der Waals surface area contributed by atoms with E-state index in [4.69, 9.17) is 0 Å². The number of aryl methyl sites for hydroxylation is 1. The number of piperazine rings is 1. The van der Waals surface area contributed by atoms with Gasteiger partial charge in [-0.3, -0.25) is 9.59 Å². The number of hydrogen-bond acceptors (Lipinski definition) is 6. The number of hydrazine groups is 1. The molecule has 0 unspecified atom stereocenters. The second-order valence-corrected chi connectivity index (χ2v) is 10.8. The van der Waals surface area contributed by atoms with Crippen LogP contribution in [0.25, 0.3) is 11.0 Å². The molecule has 11 heteroatoms. The molecule has 42 heavy (non-hydrogen) atoms. The molecule has 0 saturated carbocycles. The number of rotatable bonds is 6. The van der Waals surface area contributed by atoms with Gasteiger partial charge in [-0.1, -0.05) is 54.6 Å². The Morgan fingerprint density at radius 3 is 2.50 bits per heavy atom. The highest BCUT2D eigenvalue weighted by molar-refractivity contribution is 5.92. The van der Waals surface area contributed by atoms with Gasteiger partial charge >= 0.3 is 6.03 Å². The van der Waals surface area contributed by atoms with Crippen molar-refractivity contribution in [2.24, 2.45) is 7.05 Å². The van der Waals surface area contributed by atoms with Crippen molar-refractivity contribution in [2.45, 2.75) is 31.7 Å². The maximum Gasteiger partial charge on any atom is 0.334 e. The molecule has 11 nitrogen and oxygen atoms in total. The Hall–Kier alpha value is -4.90. The summed E-state index contributed by atoms with van der Waals surface area (Å²) in [6.07, 6.45) is 1.28. The number of phenolic OH excluding ortho intramolecular Hbond substituents is 1. The van der Waals surface area contributed by atoms with Gasteiger partial charge in [0.2, 0.25) is 11.8 Å². The average molecular weight is 568 g/mol. The number of fused-ring (bicyclic) bond motifs is 2. The summed E-state index contributed by atoms with van der Waals surface area (Å²) in [5, 5.41) is 15.9. The molecule has 0 aliphatic carbocycles. The lowest BCUT2D eigenvalue weighted by Crippen LogP contribution is -2.76. The molecule has 6 rings (SSSR count). The summed E-state index contributed by atoms with van der Waals surface area (Å²) in [4.78, 5) is 49.2. The number of hydrogen-bond donors (Lipinski definition) is 2. The number of aromatic hydroxyl groups is 1. The monoisotopic (exact) mass is 567 g/mol. The third-order valence-electron chi connectivity index (χ3n) is 8.00. The van der Waals surface area contributed by atoms with Crippen LogP contribution >= 0.6 is 0 Å². The zero-order chi connectivity index (χ0) is 29.4. The molecule has 0 radical (unpaired) electrons. The number of carbonyl (C=O) groups excluding carboxylic acids is 3. The number of amides is 4. The Bertz CT molecular complexity index is 1620. The van der Waals surface area contributed by atoms with Gasteiger partial charge in [0.25, 0.3) is 0 Å². The second-order valence-electron chi connectivity index (χ2n) is 10.8. The van der Waals surface area contributed by atoms with Gasteiger partial charge < -0.3 is 24.8 Å².